The molecule has 4 heteroatoms. The lowest BCUT2D eigenvalue weighted by Crippen LogP contribution is -2.48. The molecule has 0 saturated carbocycles. The normalized spacial score (nSPS) is 16.0. The van der Waals surface area contributed by atoms with Gasteiger partial charge in [-0.15, -0.1) is 0 Å². The van der Waals surface area contributed by atoms with Crippen molar-refractivity contribution >= 4 is 17.5 Å². The first-order valence-corrected chi connectivity index (χ1v) is 8.82. The maximum absolute atomic E-state index is 13.1. The van der Waals surface area contributed by atoms with Crippen molar-refractivity contribution < 1.29 is 9.59 Å². The van der Waals surface area contributed by atoms with Crippen LogP contribution in [0, 0.1) is 5.92 Å². The maximum atomic E-state index is 13.1. The predicted molar refractivity (Wildman–Crippen MR) is 99.7 cm³/mol. The van der Waals surface area contributed by atoms with E-state index in [0.29, 0.717) is 24.4 Å². The molecule has 1 unspecified atom stereocenters. The summed E-state index contributed by atoms with van der Waals surface area (Å²) in [5.41, 5.74) is 2.47. The number of hydrogen-bond acceptors (Lipinski definition) is 2. The fourth-order valence-electron chi connectivity index (χ4n) is 3.17. The SMILES string of the molecule is CC(C)CCNC(=O)C1Cc2ccccc2N1C(=O)c1ccccc1. The molecule has 1 aliphatic rings. The van der Waals surface area contributed by atoms with Gasteiger partial charge >= 0.3 is 0 Å². The largest absolute Gasteiger partial charge is 0.354 e. The van der Waals surface area contributed by atoms with Crippen LogP contribution in [-0.4, -0.2) is 24.4 Å². The summed E-state index contributed by atoms with van der Waals surface area (Å²) in [6.45, 7) is 4.89. The Morgan fingerprint density at radius 3 is 2.48 bits per heavy atom. The van der Waals surface area contributed by atoms with Gasteiger partial charge in [0.25, 0.3) is 5.91 Å². The van der Waals surface area contributed by atoms with Crippen LogP contribution in [0.3, 0.4) is 0 Å². The fraction of sp³-hybridized carbons (Fsp3) is 0.333. The molecule has 1 heterocycles. The molecule has 25 heavy (non-hydrogen) atoms. The first-order valence-electron chi connectivity index (χ1n) is 8.82. The summed E-state index contributed by atoms with van der Waals surface area (Å²) in [4.78, 5) is 27.4. The van der Waals surface area contributed by atoms with Crippen LogP contribution in [0.1, 0.15) is 36.2 Å². The molecular formula is C21H24N2O2. The lowest BCUT2D eigenvalue weighted by atomic mass is 10.1. The Kier molecular flexibility index (Phi) is 5.17. The Labute approximate surface area is 148 Å². The quantitative estimate of drug-likeness (QED) is 0.909. The molecule has 2 aromatic rings. The highest BCUT2D eigenvalue weighted by atomic mass is 16.2. The molecule has 0 fully saturated rings. The Morgan fingerprint density at radius 2 is 1.76 bits per heavy atom. The van der Waals surface area contributed by atoms with Crippen molar-refractivity contribution in [1.82, 2.24) is 5.32 Å². The van der Waals surface area contributed by atoms with Crippen LogP contribution in [0.5, 0.6) is 0 Å². The summed E-state index contributed by atoms with van der Waals surface area (Å²) >= 11 is 0. The van der Waals surface area contributed by atoms with Gasteiger partial charge in [-0.05, 0) is 36.1 Å². The predicted octanol–water partition coefficient (Wildman–Crippen LogP) is 3.42. The molecule has 4 nitrogen and oxygen atoms in total. The second-order valence-electron chi connectivity index (χ2n) is 6.86. The van der Waals surface area contributed by atoms with E-state index in [1.165, 1.54) is 0 Å². The molecule has 1 aliphatic heterocycles. The van der Waals surface area contributed by atoms with Gasteiger partial charge in [-0.3, -0.25) is 14.5 Å². The summed E-state index contributed by atoms with van der Waals surface area (Å²) in [6, 6.07) is 16.4. The zero-order chi connectivity index (χ0) is 17.8. The molecule has 1 N–H and O–H groups in total. The zero-order valence-corrected chi connectivity index (χ0v) is 14.7. The number of fused-ring (bicyclic) bond motifs is 1. The summed E-state index contributed by atoms with van der Waals surface area (Å²) in [6.07, 6.45) is 1.49. The number of carbonyl (C=O) groups is 2. The third-order valence-corrected chi connectivity index (χ3v) is 4.54. The topological polar surface area (TPSA) is 49.4 Å². The molecule has 0 bridgehead atoms. The minimum absolute atomic E-state index is 0.0823. The van der Waals surface area contributed by atoms with Crippen molar-refractivity contribution in [3.63, 3.8) is 0 Å². The number of rotatable bonds is 5. The van der Waals surface area contributed by atoms with Gasteiger partial charge in [-0.2, -0.15) is 0 Å². The summed E-state index contributed by atoms with van der Waals surface area (Å²) < 4.78 is 0. The van der Waals surface area contributed by atoms with E-state index in [4.69, 9.17) is 0 Å². The van der Waals surface area contributed by atoms with Crippen molar-refractivity contribution in [2.24, 2.45) is 5.92 Å². The summed E-state index contributed by atoms with van der Waals surface area (Å²) in [7, 11) is 0. The van der Waals surface area contributed by atoms with Gasteiger partial charge in [-0.25, -0.2) is 0 Å². The van der Waals surface area contributed by atoms with Crippen LogP contribution in [0.15, 0.2) is 54.6 Å². The van der Waals surface area contributed by atoms with E-state index in [1.54, 1.807) is 17.0 Å². The molecule has 0 aromatic heterocycles. The van der Waals surface area contributed by atoms with Crippen LogP contribution in [0.25, 0.3) is 0 Å². The Morgan fingerprint density at radius 1 is 1.08 bits per heavy atom. The second-order valence-corrected chi connectivity index (χ2v) is 6.86. The molecule has 130 valence electrons. The van der Waals surface area contributed by atoms with E-state index in [-0.39, 0.29) is 11.8 Å². The Hall–Kier alpha value is -2.62. The number of anilines is 1. The maximum Gasteiger partial charge on any atom is 0.259 e. The van der Waals surface area contributed by atoms with Crippen LogP contribution < -0.4 is 10.2 Å². The van der Waals surface area contributed by atoms with E-state index < -0.39 is 6.04 Å². The van der Waals surface area contributed by atoms with Crippen molar-refractivity contribution in [1.29, 1.82) is 0 Å². The van der Waals surface area contributed by atoms with Crippen molar-refractivity contribution in [3.8, 4) is 0 Å². The number of amides is 2. The van der Waals surface area contributed by atoms with E-state index >= 15 is 0 Å². The average molecular weight is 336 g/mol. The highest BCUT2D eigenvalue weighted by molar-refractivity contribution is 6.11. The number of nitrogens with one attached hydrogen (secondary N) is 1. The summed E-state index contributed by atoms with van der Waals surface area (Å²) in [5, 5.41) is 2.99. The smallest absolute Gasteiger partial charge is 0.259 e. The molecule has 1 atom stereocenters. The highest BCUT2D eigenvalue weighted by Crippen LogP contribution is 2.33. The molecule has 0 spiro atoms. The van der Waals surface area contributed by atoms with E-state index in [1.807, 2.05) is 42.5 Å². The van der Waals surface area contributed by atoms with Gasteiger partial charge in [0.05, 0.1) is 0 Å². The van der Waals surface area contributed by atoms with Crippen LogP contribution >= 0.6 is 0 Å². The number of hydrogen-bond donors (Lipinski definition) is 1. The standard InChI is InChI=1S/C21H24N2O2/c1-15(2)12-13-22-20(24)19-14-17-10-6-7-11-18(17)23(19)21(25)16-8-4-3-5-9-16/h3-11,15,19H,12-14H2,1-2H3,(H,22,24). The van der Waals surface area contributed by atoms with Crippen molar-refractivity contribution in [2.45, 2.75) is 32.7 Å². The molecule has 2 amide bonds. The van der Waals surface area contributed by atoms with Gasteiger partial charge in [0.1, 0.15) is 6.04 Å². The molecule has 2 aromatic carbocycles. The summed E-state index contributed by atoms with van der Waals surface area (Å²) in [5.74, 6) is 0.318. The zero-order valence-electron chi connectivity index (χ0n) is 14.7. The number of nitrogens with zero attached hydrogens (tertiary/aromatic N) is 1. The number of carbonyl (C=O) groups excluding carboxylic acids is 2. The number of benzene rings is 2. The fourth-order valence-corrected chi connectivity index (χ4v) is 3.17. The van der Waals surface area contributed by atoms with Crippen LogP contribution in [0.2, 0.25) is 0 Å². The molecule has 0 radical (unpaired) electrons. The third kappa shape index (κ3) is 3.73. The third-order valence-electron chi connectivity index (χ3n) is 4.54. The first-order chi connectivity index (χ1) is 12.1. The van der Waals surface area contributed by atoms with E-state index in [0.717, 1.165) is 17.7 Å². The average Bonchev–Trinajstić information content (AvgIpc) is 3.01. The molecular weight excluding hydrogens is 312 g/mol. The Balaban J connectivity index is 1.85. The molecule has 0 aliphatic carbocycles. The second kappa shape index (κ2) is 7.51. The van der Waals surface area contributed by atoms with Crippen molar-refractivity contribution in [2.75, 3.05) is 11.4 Å². The van der Waals surface area contributed by atoms with Gasteiger partial charge in [0.2, 0.25) is 5.91 Å². The van der Waals surface area contributed by atoms with Crippen LogP contribution in [-0.2, 0) is 11.2 Å². The van der Waals surface area contributed by atoms with Gasteiger partial charge in [-0.1, -0.05) is 50.2 Å². The molecule has 3 rings (SSSR count). The lowest BCUT2D eigenvalue weighted by Gasteiger charge is -2.25. The first kappa shape index (κ1) is 17.2. The van der Waals surface area contributed by atoms with E-state index in [9.17, 15) is 9.59 Å². The van der Waals surface area contributed by atoms with Crippen molar-refractivity contribution in [3.05, 3.63) is 65.7 Å². The van der Waals surface area contributed by atoms with Gasteiger partial charge in [0, 0.05) is 24.2 Å². The van der Waals surface area contributed by atoms with E-state index in [2.05, 4.69) is 19.2 Å². The Bertz CT molecular complexity index is 756. The number of para-hydroxylation sites is 1. The minimum atomic E-state index is -0.489. The monoisotopic (exact) mass is 336 g/mol. The minimum Gasteiger partial charge on any atom is -0.354 e. The van der Waals surface area contributed by atoms with Crippen LogP contribution in [0.4, 0.5) is 5.69 Å². The molecule has 0 saturated heterocycles. The van der Waals surface area contributed by atoms with Gasteiger partial charge in [0.15, 0.2) is 0 Å². The lowest BCUT2D eigenvalue weighted by molar-refractivity contribution is -0.122. The highest BCUT2D eigenvalue weighted by Gasteiger charge is 2.38. The van der Waals surface area contributed by atoms with Gasteiger partial charge < -0.3 is 5.32 Å².